The Hall–Kier alpha value is -0.410. The fraction of sp³-hybridized carbons (Fsp3) is 0.800. The minimum atomic E-state index is -3.24. The van der Waals surface area contributed by atoms with E-state index in [1.165, 1.54) is 18.4 Å². The van der Waals surface area contributed by atoms with Crippen molar-refractivity contribution >= 4 is 7.60 Å². The molecule has 3 aliphatic carbocycles. The molecule has 0 radical (unpaired) electrons. The quantitative estimate of drug-likeness (QED) is 0.378. The maximum atomic E-state index is 13.0. The van der Waals surface area contributed by atoms with Crippen molar-refractivity contribution in [1.29, 1.82) is 0 Å². The summed E-state index contributed by atoms with van der Waals surface area (Å²) in [5.74, 6) is 1.53. The SMILES string of the molecule is C=C(CN(CC1=CCC2CC1C2(C)C)C(C)C)P(=O)(OCC)OCC. The van der Waals surface area contributed by atoms with E-state index in [1.807, 2.05) is 13.8 Å². The second-order valence-corrected chi connectivity index (χ2v) is 10.4. The summed E-state index contributed by atoms with van der Waals surface area (Å²) in [5.41, 5.74) is 1.96. The third kappa shape index (κ3) is 4.30. The summed E-state index contributed by atoms with van der Waals surface area (Å²) < 4.78 is 23.9. The zero-order valence-corrected chi connectivity index (χ0v) is 17.8. The highest BCUT2D eigenvalue weighted by Gasteiger charge is 2.51. The molecule has 1 saturated carbocycles. The average molecular weight is 369 g/mol. The van der Waals surface area contributed by atoms with Crippen LogP contribution in [0, 0.1) is 17.3 Å². The first-order chi connectivity index (χ1) is 11.7. The fourth-order valence-corrected chi connectivity index (χ4v) is 5.67. The van der Waals surface area contributed by atoms with Crippen LogP contribution in [0.4, 0.5) is 0 Å². The van der Waals surface area contributed by atoms with Crippen LogP contribution in [0.1, 0.15) is 54.4 Å². The lowest BCUT2D eigenvalue weighted by atomic mass is 9.49. The maximum absolute atomic E-state index is 13.0. The molecule has 2 atom stereocenters. The summed E-state index contributed by atoms with van der Waals surface area (Å²) in [6.45, 7) is 19.1. The molecule has 0 aromatic rings. The van der Waals surface area contributed by atoms with Gasteiger partial charge in [0.15, 0.2) is 0 Å². The van der Waals surface area contributed by atoms with Gasteiger partial charge in [0.05, 0.1) is 13.2 Å². The van der Waals surface area contributed by atoms with Gasteiger partial charge in [0.2, 0.25) is 0 Å². The highest BCUT2D eigenvalue weighted by molar-refractivity contribution is 7.58. The summed E-state index contributed by atoms with van der Waals surface area (Å²) in [5, 5.41) is 0.562. The molecule has 0 aromatic carbocycles. The highest BCUT2D eigenvalue weighted by atomic mass is 31.2. The first-order valence-corrected chi connectivity index (χ1v) is 11.2. The second kappa shape index (κ2) is 8.08. The van der Waals surface area contributed by atoms with Crippen LogP contribution < -0.4 is 0 Å². The largest absolute Gasteiger partial charge is 0.358 e. The highest BCUT2D eigenvalue weighted by Crippen LogP contribution is 2.59. The molecular formula is C20H36NO3P. The topological polar surface area (TPSA) is 38.8 Å². The Morgan fingerprint density at radius 2 is 1.96 bits per heavy atom. The van der Waals surface area contributed by atoms with Crippen molar-refractivity contribution in [3.63, 3.8) is 0 Å². The number of fused-ring (bicyclic) bond motifs is 1. The molecule has 25 heavy (non-hydrogen) atoms. The van der Waals surface area contributed by atoms with Crippen molar-refractivity contribution < 1.29 is 13.6 Å². The molecule has 0 N–H and O–H groups in total. The van der Waals surface area contributed by atoms with Gasteiger partial charge in [-0.15, -0.1) is 0 Å². The van der Waals surface area contributed by atoms with Crippen LogP contribution in [0.2, 0.25) is 0 Å². The van der Waals surface area contributed by atoms with Gasteiger partial charge in [0.1, 0.15) is 0 Å². The molecule has 0 amide bonds. The van der Waals surface area contributed by atoms with Crippen LogP contribution in [0.25, 0.3) is 0 Å². The van der Waals surface area contributed by atoms with E-state index in [1.54, 1.807) is 0 Å². The van der Waals surface area contributed by atoms with Crippen molar-refractivity contribution in [2.45, 2.75) is 60.4 Å². The van der Waals surface area contributed by atoms with Gasteiger partial charge in [-0.25, -0.2) is 0 Å². The van der Waals surface area contributed by atoms with E-state index in [4.69, 9.17) is 9.05 Å². The Morgan fingerprint density at radius 1 is 1.36 bits per heavy atom. The zero-order valence-electron chi connectivity index (χ0n) is 16.9. The Labute approximate surface area is 154 Å². The first kappa shape index (κ1) is 20.9. The summed E-state index contributed by atoms with van der Waals surface area (Å²) in [6.07, 6.45) is 4.96. The van der Waals surface area contributed by atoms with E-state index in [2.05, 4.69) is 45.2 Å². The van der Waals surface area contributed by atoms with Crippen LogP contribution in [-0.2, 0) is 13.6 Å². The van der Waals surface area contributed by atoms with Crippen LogP contribution >= 0.6 is 7.60 Å². The summed E-state index contributed by atoms with van der Waals surface area (Å²) in [6, 6.07) is 0.343. The summed E-state index contributed by atoms with van der Waals surface area (Å²) >= 11 is 0. The number of rotatable bonds is 10. The third-order valence-corrected chi connectivity index (χ3v) is 8.18. The fourth-order valence-electron chi connectivity index (χ4n) is 4.19. The standard InChI is InChI=1S/C20H36NO3P/c1-8-23-25(22,24-9-2)16(5)13-21(15(3)4)14-17-10-11-18-12-19(17)20(18,6)7/h10,15,18-19H,5,8-9,11-14H2,1-4,6-7H3. The molecule has 2 unspecified atom stereocenters. The number of hydrogen-bond acceptors (Lipinski definition) is 4. The summed E-state index contributed by atoms with van der Waals surface area (Å²) in [7, 11) is -3.24. The first-order valence-electron chi connectivity index (χ1n) is 9.66. The predicted octanol–water partition coefficient (Wildman–Crippen LogP) is 5.47. The van der Waals surface area contributed by atoms with E-state index in [-0.39, 0.29) is 0 Å². The molecule has 4 nitrogen and oxygen atoms in total. The van der Waals surface area contributed by atoms with Crippen molar-refractivity contribution in [3.8, 4) is 0 Å². The van der Waals surface area contributed by atoms with Crippen LogP contribution in [0.5, 0.6) is 0 Å². The normalized spacial score (nSPS) is 25.0. The van der Waals surface area contributed by atoms with Gasteiger partial charge in [-0.1, -0.05) is 32.1 Å². The number of allylic oxidation sites excluding steroid dienone is 1. The molecule has 3 rings (SSSR count). The van der Waals surface area contributed by atoms with E-state index in [0.29, 0.717) is 42.4 Å². The lowest BCUT2D eigenvalue weighted by Crippen LogP contribution is -2.50. The van der Waals surface area contributed by atoms with Crippen molar-refractivity contribution in [1.82, 2.24) is 4.90 Å². The van der Waals surface area contributed by atoms with Gasteiger partial charge in [0.25, 0.3) is 0 Å². The zero-order chi connectivity index (χ0) is 18.8. The minimum Gasteiger partial charge on any atom is -0.306 e. The van der Waals surface area contributed by atoms with Gasteiger partial charge in [0, 0.05) is 24.4 Å². The van der Waals surface area contributed by atoms with E-state index < -0.39 is 7.60 Å². The number of nitrogens with zero attached hydrogens (tertiary/aromatic N) is 1. The second-order valence-electron chi connectivity index (χ2n) is 8.22. The predicted molar refractivity (Wildman–Crippen MR) is 105 cm³/mol. The molecule has 0 heterocycles. The molecule has 5 heteroatoms. The van der Waals surface area contributed by atoms with E-state index >= 15 is 0 Å². The molecule has 0 aromatic heterocycles. The van der Waals surface area contributed by atoms with Crippen molar-refractivity contribution in [2.75, 3.05) is 26.3 Å². The monoisotopic (exact) mass is 369 g/mol. The van der Waals surface area contributed by atoms with Crippen molar-refractivity contribution in [2.24, 2.45) is 17.3 Å². The van der Waals surface area contributed by atoms with Crippen LogP contribution in [0.3, 0.4) is 0 Å². The molecule has 144 valence electrons. The Morgan fingerprint density at radius 3 is 2.40 bits per heavy atom. The molecule has 0 saturated heterocycles. The minimum absolute atomic E-state index is 0.343. The molecule has 1 fully saturated rings. The van der Waals surface area contributed by atoms with Crippen molar-refractivity contribution in [3.05, 3.63) is 23.5 Å². The number of hydrogen-bond donors (Lipinski definition) is 0. The third-order valence-electron chi connectivity index (χ3n) is 6.07. The van der Waals surface area contributed by atoms with E-state index in [0.717, 1.165) is 12.5 Å². The van der Waals surface area contributed by atoms with Crippen LogP contribution in [0.15, 0.2) is 23.5 Å². The molecule has 2 bridgehead atoms. The average Bonchev–Trinajstić information content (AvgIpc) is 2.54. The molecular weight excluding hydrogens is 333 g/mol. The van der Waals surface area contributed by atoms with Crippen LogP contribution in [-0.4, -0.2) is 37.2 Å². The van der Waals surface area contributed by atoms with E-state index in [9.17, 15) is 4.57 Å². The smallest absolute Gasteiger partial charge is 0.306 e. The van der Waals surface area contributed by atoms with Gasteiger partial charge >= 0.3 is 7.60 Å². The molecule has 3 aliphatic rings. The molecule has 0 spiro atoms. The lowest BCUT2D eigenvalue weighted by molar-refractivity contribution is -0.0112. The Balaban J connectivity index is 2.07. The Kier molecular flexibility index (Phi) is 6.76. The molecule has 0 aliphatic heterocycles. The summed E-state index contributed by atoms with van der Waals surface area (Å²) in [4.78, 5) is 2.34. The Bertz CT molecular complexity index is 557. The maximum Gasteiger partial charge on any atom is 0.358 e. The van der Waals surface area contributed by atoms with Gasteiger partial charge in [-0.2, -0.15) is 0 Å². The lowest BCUT2D eigenvalue weighted by Gasteiger charge is -2.57. The van der Waals surface area contributed by atoms with Gasteiger partial charge in [-0.3, -0.25) is 9.46 Å². The van der Waals surface area contributed by atoms with Gasteiger partial charge < -0.3 is 9.05 Å². The van der Waals surface area contributed by atoms with Gasteiger partial charge in [-0.05, 0) is 57.8 Å².